The summed E-state index contributed by atoms with van der Waals surface area (Å²) in [6, 6.07) is 0. The first-order valence-electron chi connectivity index (χ1n) is 18.3. The number of Topliss-reactive ketones (excluding diaryl/α,β-unsaturated/α-hetero) is 1. The molecule has 0 aromatic carbocycles. The first-order valence-corrected chi connectivity index (χ1v) is 18.3. The van der Waals surface area contributed by atoms with Gasteiger partial charge < -0.3 is 4.74 Å². The van der Waals surface area contributed by atoms with E-state index in [4.69, 9.17) is 4.74 Å². The third-order valence-electron chi connectivity index (χ3n) is 12.5. The maximum Gasteiger partial charge on any atom is 0.306 e. The summed E-state index contributed by atoms with van der Waals surface area (Å²) < 4.78 is 6.04. The maximum atomic E-state index is 12.7. The van der Waals surface area contributed by atoms with E-state index >= 15 is 0 Å². The summed E-state index contributed by atoms with van der Waals surface area (Å²) in [5.41, 5.74) is 2.04. The van der Waals surface area contributed by atoms with E-state index in [-0.39, 0.29) is 28.8 Å². The molecule has 7 atom stereocenters. The Labute approximate surface area is 259 Å². The van der Waals surface area contributed by atoms with Crippen LogP contribution in [0.25, 0.3) is 0 Å². The van der Waals surface area contributed by atoms with Crippen LogP contribution >= 0.6 is 0 Å². The van der Waals surface area contributed by atoms with Crippen LogP contribution in [-0.2, 0) is 14.3 Å². The Hall–Kier alpha value is -1.38. The molecular weight excluding hydrogens is 516 g/mol. The summed E-state index contributed by atoms with van der Waals surface area (Å²) in [6.07, 6.45) is 33.6. The van der Waals surface area contributed by atoms with Crippen LogP contribution in [0.5, 0.6) is 0 Å². The summed E-state index contributed by atoms with van der Waals surface area (Å²) in [5, 5.41) is 0. The molecule has 42 heavy (non-hydrogen) atoms. The number of rotatable bonds is 17. The number of fused-ring (bicyclic) bond motifs is 5. The molecule has 0 N–H and O–H groups in total. The van der Waals surface area contributed by atoms with Crippen LogP contribution in [0.3, 0.4) is 0 Å². The number of carbonyl (C=O) groups is 2. The molecule has 0 spiro atoms. The van der Waals surface area contributed by atoms with Gasteiger partial charge in [0.1, 0.15) is 11.9 Å². The van der Waals surface area contributed by atoms with E-state index in [9.17, 15) is 9.59 Å². The van der Waals surface area contributed by atoms with Crippen molar-refractivity contribution in [2.75, 3.05) is 0 Å². The van der Waals surface area contributed by atoms with Gasteiger partial charge in [-0.15, -0.1) is 0 Å². The summed E-state index contributed by atoms with van der Waals surface area (Å²) in [7, 11) is 0. The van der Waals surface area contributed by atoms with Gasteiger partial charge in [0, 0.05) is 18.8 Å². The van der Waals surface area contributed by atoms with E-state index in [1.54, 1.807) is 5.57 Å². The minimum Gasteiger partial charge on any atom is -0.462 e. The van der Waals surface area contributed by atoms with Gasteiger partial charge in [-0.25, -0.2) is 0 Å². The molecule has 0 heterocycles. The number of allylic oxidation sites excluding steroid dienone is 3. The van der Waals surface area contributed by atoms with Crippen molar-refractivity contribution in [1.82, 2.24) is 0 Å². The van der Waals surface area contributed by atoms with Crippen LogP contribution in [0.4, 0.5) is 0 Å². The third-order valence-corrected chi connectivity index (χ3v) is 12.5. The molecule has 0 bridgehead atoms. The second-order valence-electron chi connectivity index (χ2n) is 15.2. The number of esters is 1. The molecule has 3 saturated carbocycles. The normalized spacial score (nSPS) is 34.0. The predicted molar refractivity (Wildman–Crippen MR) is 175 cm³/mol. The Morgan fingerprint density at radius 3 is 2.19 bits per heavy atom. The lowest BCUT2D eigenvalue weighted by atomic mass is 9.47. The first kappa shape index (κ1) is 33.5. The Kier molecular flexibility index (Phi) is 12.8. The van der Waals surface area contributed by atoms with E-state index in [2.05, 4.69) is 39.0 Å². The van der Waals surface area contributed by atoms with E-state index in [0.29, 0.717) is 18.1 Å². The third kappa shape index (κ3) is 8.20. The standard InChI is InChI=1S/C39H64O3/c1-5-6-7-8-9-10-11-12-13-14-15-16-17-18-19-20-37(41)42-32-25-27-38(3)31(29-32)21-22-33-35-24-23-34(30(2)40)39(35,4)28-26-36(33)38/h12-13,21,32-36H,5-11,14-20,22-29H2,1-4H3/b13-12-. The van der Waals surface area contributed by atoms with Gasteiger partial charge >= 0.3 is 5.97 Å². The molecule has 0 radical (unpaired) electrons. The molecule has 4 rings (SSSR count). The van der Waals surface area contributed by atoms with Crippen LogP contribution in [-0.4, -0.2) is 17.9 Å². The van der Waals surface area contributed by atoms with Crippen LogP contribution in [0.15, 0.2) is 23.8 Å². The quantitative estimate of drug-likeness (QED) is 0.0976. The van der Waals surface area contributed by atoms with Crippen LogP contribution in [0, 0.1) is 34.5 Å². The summed E-state index contributed by atoms with van der Waals surface area (Å²) in [5.74, 6) is 2.86. The highest BCUT2D eigenvalue weighted by Crippen LogP contribution is 2.66. The van der Waals surface area contributed by atoms with Crippen LogP contribution in [0.1, 0.15) is 169 Å². The largest absolute Gasteiger partial charge is 0.462 e. The van der Waals surface area contributed by atoms with Gasteiger partial charge in [0.2, 0.25) is 0 Å². The lowest BCUT2D eigenvalue weighted by molar-refractivity contribution is -0.151. The highest BCUT2D eigenvalue weighted by Gasteiger charge is 2.59. The molecule has 0 aliphatic heterocycles. The van der Waals surface area contributed by atoms with Crippen LogP contribution in [0.2, 0.25) is 0 Å². The highest BCUT2D eigenvalue weighted by atomic mass is 16.5. The van der Waals surface area contributed by atoms with Gasteiger partial charge in [-0.3, -0.25) is 9.59 Å². The SMILES string of the molecule is CCCCCCCC/C=C\CCCCCCCC(=O)OC1CCC2(C)C(=CCC3C2CCC2(C)C(C(C)=O)CCC32)C1. The number of ketones is 1. The van der Waals surface area contributed by atoms with Crippen LogP contribution < -0.4 is 0 Å². The number of unbranched alkanes of at least 4 members (excludes halogenated alkanes) is 11. The number of hydrogen-bond donors (Lipinski definition) is 0. The molecule has 7 unspecified atom stereocenters. The Balaban J connectivity index is 1.09. The molecule has 3 nitrogen and oxygen atoms in total. The molecular formula is C39H64O3. The lowest BCUT2D eigenvalue weighted by Gasteiger charge is -2.58. The summed E-state index contributed by atoms with van der Waals surface area (Å²) in [4.78, 5) is 25.1. The minimum absolute atomic E-state index is 0.0187. The van der Waals surface area contributed by atoms with E-state index in [1.807, 2.05) is 6.92 Å². The fourth-order valence-electron chi connectivity index (χ4n) is 9.98. The molecule has 0 aromatic heterocycles. The molecule has 3 fully saturated rings. The lowest BCUT2D eigenvalue weighted by Crippen LogP contribution is -2.51. The van der Waals surface area contributed by atoms with E-state index < -0.39 is 0 Å². The second-order valence-corrected chi connectivity index (χ2v) is 15.2. The Morgan fingerprint density at radius 1 is 0.833 bits per heavy atom. The summed E-state index contributed by atoms with van der Waals surface area (Å²) >= 11 is 0. The fourth-order valence-corrected chi connectivity index (χ4v) is 9.98. The van der Waals surface area contributed by atoms with Gasteiger partial charge in [-0.2, -0.15) is 0 Å². The zero-order chi connectivity index (χ0) is 30.0. The Bertz CT molecular complexity index is 932. The number of ether oxygens (including phenoxy) is 1. The Morgan fingerprint density at radius 2 is 1.50 bits per heavy atom. The van der Waals surface area contributed by atoms with E-state index in [0.717, 1.165) is 56.8 Å². The van der Waals surface area contributed by atoms with Crippen molar-refractivity contribution in [3.63, 3.8) is 0 Å². The molecule has 0 aromatic rings. The fraction of sp³-hybridized carbons (Fsp3) is 0.846. The average Bonchev–Trinajstić information content (AvgIpc) is 3.33. The van der Waals surface area contributed by atoms with Gasteiger partial charge in [0.05, 0.1) is 0 Å². The van der Waals surface area contributed by atoms with Gasteiger partial charge in [0.15, 0.2) is 0 Å². The van der Waals surface area contributed by atoms with Crippen molar-refractivity contribution in [3.8, 4) is 0 Å². The molecule has 4 aliphatic rings. The average molecular weight is 581 g/mol. The van der Waals surface area contributed by atoms with E-state index in [1.165, 1.54) is 89.9 Å². The molecule has 0 amide bonds. The van der Waals surface area contributed by atoms with Gasteiger partial charge in [-0.1, -0.05) is 95.9 Å². The predicted octanol–water partition coefficient (Wildman–Crippen LogP) is 11.1. The monoisotopic (exact) mass is 580 g/mol. The van der Waals surface area contributed by atoms with Crippen molar-refractivity contribution >= 4 is 11.8 Å². The summed E-state index contributed by atoms with van der Waals surface area (Å²) in [6.45, 7) is 9.05. The molecule has 3 heteroatoms. The zero-order valence-corrected chi connectivity index (χ0v) is 27.9. The second kappa shape index (κ2) is 16.1. The zero-order valence-electron chi connectivity index (χ0n) is 27.9. The maximum absolute atomic E-state index is 12.7. The van der Waals surface area contributed by atoms with Crippen molar-refractivity contribution in [2.24, 2.45) is 34.5 Å². The first-order chi connectivity index (χ1) is 20.3. The highest BCUT2D eigenvalue weighted by molar-refractivity contribution is 5.79. The minimum atomic E-state index is 0.0187. The van der Waals surface area contributed by atoms with Crippen molar-refractivity contribution < 1.29 is 14.3 Å². The smallest absolute Gasteiger partial charge is 0.306 e. The molecule has 238 valence electrons. The van der Waals surface area contributed by atoms with Gasteiger partial charge in [-0.05, 0) is 113 Å². The van der Waals surface area contributed by atoms with Crippen molar-refractivity contribution in [3.05, 3.63) is 23.8 Å². The number of carbonyl (C=O) groups excluding carboxylic acids is 2. The molecule has 0 saturated heterocycles. The van der Waals surface area contributed by atoms with Crippen molar-refractivity contribution in [2.45, 2.75) is 175 Å². The topological polar surface area (TPSA) is 43.4 Å². The van der Waals surface area contributed by atoms with Gasteiger partial charge in [0.25, 0.3) is 0 Å². The number of hydrogen-bond acceptors (Lipinski definition) is 3. The molecule has 4 aliphatic carbocycles. The van der Waals surface area contributed by atoms with Crippen molar-refractivity contribution in [1.29, 1.82) is 0 Å².